The molecule has 2 aromatic carbocycles. The summed E-state index contributed by atoms with van der Waals surface area (Å²) in [4.78, 5) is 37.6. The summed E-state index contributed by atoms with van der Waals surface area (Å²) in [5.74, 6) is -1.50. The first-order valence-electron chi connectivity index (χ1n) is 9.18. The van der Waals surface area contributed by atoms with Crippen LogP contribution >= 0.6 is 15.9 Å². The highest BCUT2D eigenvalue weighted by atomic mass is 79.9. The highest BCUT2D eigenvalue weighted by Gasteiger charge is 2.46. The van der Waals surface area contributed by atoms with Gasteiger partial charge in [-0.3, -0.25) is 19.7 Å². The summed E-state index contributed by atoms with van der Waals surface area (Å²) in [5, 5.41) is 22.0. The predicted octanol–water partition coefficient (Wildman–Crippen LogP) is 4.57. The van der Waals surface area contributed by atoms with Crippen molar-refractivity contribution in [2.75, 3.05) is 0 Å². The average Bonchev–Trinajstić information content (AvgIpc) is 3.36. The predicted molar refractivity (Wildman–Crippen MR) is 114 cm³/mol. The van der Waals surface area contributed by atoms with Crippen molar-refractivity contribution < 1.29 is 24.0 Å². The van der Waals surface area contributed by atoms with E-state index >= 15 is 0 Å². The highest BCUT2D eigenvalue weighted by molar-refractivity contribution is 9.10. The molecule has 1 aromatic heterocycles. The lowest BCUT2D eigenvalue weighted by molar-refractivity contribution is -0.384. The second-order valence-electron chi connectivity index (χ2n) is 6.86. The largest absolute Gasteiger partial charge is 0.507 e. The quantitative estimate of drug-likeness (QED) is 0.187. The molecule has 4 rings (SSSR count). The Balaban J connectivity index is 1.85. The maximum absolute atomic E-state index is 12.9. The van der Waals surface area contributed by atoms with Crippen LogP contribution in [-0.4, -0.2) is 26.6 Å². The van der Waals surface area contributed by atoms with Crippen molar-refractivity contribution in [1.82, 2.24) is 4.90 Å². The fourth-order valence-corrected chi connectivity index (χ4v) is 3.77. The molecule has 156 valence electrons. The third-order valence-corrected chi connectivity index (χ3v) is 5.51. The van der Waals surface area contributed by atoms with Crippen LogP contribution < -0.4 is 0 Å². The van der Waals surface area contributed by atoms with Crippen molar-refractivity contribution >= 4 is 39.1 Å². The van der Waals surface area contributed by atoms with E-state index in [4.69, 9.17) is 4.42 Å². The SMILES string of the molecule is O=C1C(=O)N(Cc2ccco2)C(c2ccc([N+](=O)[O-])cc2)/C1=C(\O)c1ccc(Br)cc1. The van der Waals surface area contributed by atoms with E-state index in [-0.39, 0.29) is 23.6 Å². The first kappa shape index (κ1) is 20.5. The van der Waals surface area contributed by atoms with Crippen LogP contribution in [0.25, 0.3) is 5.76 Å². The van der Waals surface area contributed by atoms with Gasteiger partial charge in [-0.2, -0.15) is 0 Å². The Morgan fingerprint density at radius 2 is 1.77 bits per heavy atom. The second kappa shape index (κ2) is 8.19. The molecule has 3 aromatic rings. The molecule has 1 N–H and O–H groups in total. The maximum atomic E-state index is 12.9. The molecule has 31 heavy (non-hydrogen) atoms. The van der Waals surface area contributed by atoms with Crippen LogP contribution in [0.4, 0.5) is 5.69 Å². The molecule has 1 amide bonds. The summed E-state index contributed by atoms with van der Waals surface area (Å²) in [7, 11) is 0. The number of likely N-dealkylation sites (tertiary alicyclic amines) is 1. The number of carbonyl (C=O) groups is 2. The van der Waals surface area contributed by atoms with Crippen molar-refractivity contribution in [3.8, 4) is 0 Å². The number of non-ortho nitro benzene ring substituents is 1. The lowest BCUT2D eigenvalue weighted by Gasteiger charge is -2.24. The standard InChI is InChI=1S/C22H15BrN2O6/c23-15-7-3-14(4-8-15)20(26)18-19(13-5-9-16(10-6-13)25(29)30)24(22(28)21(18)27)12-17-2-1-11-31-17/h1-11,19,26H,12H2/b20-18+. The average molecular weight is 483 g/mol. The minimum absolute atomic E-state index is 0.00363. The van der Waals surface area contributed by atoms with Crippen LogP contribution in [-0.2, 0) is 16.1 Å². The molecule has 1 fully saturated rings. The smallest absolute Gasteiger partial charge is 0.296 e. The van der Waals surface area contributed by atoms with Gasteiger partial charge in [-0.1, -0.05) is 28.1 Å². The summed E-state index contributed by atoms with van der Waals surface area (Å²) in [6.07, 6.45) is 1.45. The minimum Gasteiger partial charge on any atom is -0.507 e. The molecule has 0 aliphatic carbocycles. The van der Waals surface area contributed by atoms with E-state index < -0.39 is 22.7 Å². The molecule has 0 spiro atoms. The molecule has 1 unspecified atom stereocenters. The minimum atomic E-state index is -0.936. The number of halogens is 1. The number of benzene rings is 2. The first-order chi connectivity index (χ1) is 14.9. The molecule has 1 saturated heterocycles. The number of carbonyl (C=O) groups excluding carboxylic acids is 2. The zero-order chi connectivity index (χ0) is 22.1. The van der Waals surface area contributed by atoms with Gasteiger partial charge in [0.2, 0.25) is 0 Å². The van der Waals surface area contributed by atoms with E-state index in [2.05, 4.69) is 15.9 Å². The molecule has 0 saturated carbocycles. The molecule has 1 aliphatic rings. The van der Waals surface area contributed by atoms with E-state index in [1.807, 2.05) is 0 Å². The molecular formula is C22H15BrN2O6. The van der Waals surface area contributed by atoms with Crippen molar-refractivity contribution in [1.29, 1.82) is 0 Å². The van der Waals surface area contributed by atoms with E-state index in [0.717, 1.165) is 4.47 Å². The Labute approximate surface area is 184 Å². The van der Waals surface area contributed by atoms with Crippen LogP contribution in [0.5, 0.6) is 0 Å². The molecular weight excluding hydrogens is 468 g/mol. The Kier molecular flexibility index (Phi) is 5.43. The summed E-state index contributed by atoms with van der Waals surface area (Å²) in [5.41, 5.74) is 0.605. The van der Waals surface area contributed by atoms with Crippen LogP contribution in [0.3, 0.4) is 0 Å². The van der Waals surface area contributed by atoms with Crippen molar-refractivity contribution in [3.05, 3.63) is 104 Å². The van der Waals surface area contributed by atoms with Gasteiger partial charge >= 0.3 is 0 Å². The van der Waals surface area contributed by atoms with Gasteiger partial charge in [0.25, 0.3) is 17.4 Å². The summed E-state index contributed by atoms with van der Waals surface area (Å²) < 4.78 is 6.12. The van der Waals surface area contributed by atoms with Gasteiger partial charge < -0.3 is 14.4 Å². The Morgan fingerprint density at radius 3 is 2.35 bits per heavy atom. The first-order valence-corrected chi connectivity index (χ1v) is 9.97. The van der Waals surface area contributed by atoms with E-state index in [1.165, 1.54) is 35.4 Å². The Bertz CT molecular complexity index is 1180. The van der Waals surface area contributed by atoms with Gasteiger partial charge in [0.1, 0.15) is 11.5 Å². The third kappa shape index (κ3) is 3.87. The Hall–Kier alpha value is -3.72. The van der Waals surface area contributed by atoms with Gasteiger partial charge in [-0.25, -0.2) is 0 Å². The van der Waals surface area contributed by atoms with Gasteiger partial charge in [-0.15, -0.1) is 0 Å². The number of nitrogens with zero attached hydrogens (tertiary/aromatic N) is 2. The van der Waals surface area contributed by atoms with Gasteiger partial charge in [0, 0.05) is 22.2 Å². The van der Waals surface area contributed by atoms with Gasteiger partial charge in [-0.05, 0) is 42.0 Å². The fraction of sp³-hybridized carbons (Fsp3) is 0.0909. The molecule has 9 heteroatoms. The monoisotopic (exact) mass is 482 g/mol. The number of amides is 1. The zero-order valence-electron chi connectivity index (χ0n) is 15.9. The number of aliphatic hydroxyl groups is 1. The van der Waals surface area contributed by atoms with Crippen molar-refractivity contribution in [2.45, 2.75) is 12.6 Å². The van der Waals surface area contributed by atoms with E-state index in [1.54, 1.807) is 36.4 Å². The normalized spacial score (nSPS) is 17.8. The third-order valence-electron chi connectivity index (χ3n) is 4.98. The lowest BCUT2D eigenvalue weighted by Crippen LogP contribution is -2.29. The highest BCUT2D eigenvalue weighted by Crippen LogP contribution is 2.40. The van der Waals surface area contributed by atoms with Gasteiger partial charge in [0.05, 0.1) is 29.3 Å². The maximum Gasteiger partial charge on any atom is 0.296 e. The van der Waals surface area contributed by atoms with Gasteiger partial charge in [0.15, 0.2) is 0 Å². The van der Waals surface area contributed by atoms with Crippen molar-refractivity contribution in [3.63, 3.8) is 0 Å². The van der Waals surface area contributed by atoms with Crippen LogP contribution in [0.2, 0.25) is 0 Å². The summed E-state index contributed by atoms with van der Waals surface area (Å²) in [6, 6.07) is 14.6. The Morgan fingerprint density at radius 1 is 1.10 bits per heavy atom. The van der Waals surface area contributed by atoms with E-state index in [9.17, 15) is 24.8 Å². The number of Topliss-reactive ketones (excluding diaryl/α,β-unsaturated/α-hetero) is 1. The summed E-state index contributed by atoms with van der Waals surface area (Å²) in [6.45, 7) is -0.00363. The molecule has 1 aliphatic heterocycles. The molecule has 8 nitrogen and oxygen atoms in total. The molecule has 0 radical (unpaired) electrons. The van der Waals surface area contributed by atoms with Crippen LogP contribution in [0.1, 0.15) is 22.9 Å². The number of nitro benzene ring substituents is 1. The van der Waals surface area contributed by atoms with Crippen LogP contribution in [0, 0.1) is 10.1 Å². The fourth-order valence-electron chi connectivity index (χ4n) is 3.50. The zero-order valence-corrected chi connectivity index (χ0v) is 17.5. The number of furan rings is 1. The topological polar surface area (TPSA) is 114 Å². The number of ketones is 1. The van der Waals surface area contributed by atoms with Crippen LogP contribution in [0.15, 0.2) is 81.4 Å². The summed E-state index contributed by atoms with van der Waals surface area (Å²) >= 11 is 3.32. The number of rotatable bonds is 5. The number of nitro groups is 1. The molecule has 2 heterocycles. The van der Waals surface area contributed by atoms with E-state index in [0.29, 0.717) is 16.9 Å². The second-order valence-corrected chi connectivity index (χ2v) is 7.78. The lowest BCUT2D eigenvalue weighted by atomic mass is 9.95. The number of aliphatic hydroxyl groups excluding tert-OH is 1. The van der Waals surface area contributed by atoms with Crippen molar-refractivity contribution in [2.24, 2.45) is 0 Å². The molecule has 1 atom stereocenters. The molecule has 0 bridgehead atoms. The number of hydrogen-bond donors (Lipinski definition) is 1. The number of hydrogen-bond acceptors (Lipinski definition) is 6.